The lowest BCUT2D eigenvalue weighted by Crippen LogP contribution is -2.24. The van der Waals surface area contributed by atoms with Crippen molar-refractivity contribution < 1.29 is 9.47 Å². The molecule has 0 fully saturated rings. The molecule has 0 radical (unpaired) electrons. The molecule has 0 heterocycles. The van der Waals surface area contributed by atoms with E-state index >= 15 is 0 Å². The number of nitrogens with zero attached hydrogens (tertiary/aromatic N) is 1. The van der Waals surface area contributed by atoms with E-state index in [1.54, 1.807) is 7.11 Å². The van der Waals surface area contributed by atoms with Crippen molar-refractivity contribution in [3.05, 3.63) is 89.5 Å². The molecule has 3 aromatic rings. The van der Waals surface area contributed by atoms with Crippen LogP contribution in [0, 0.1) is 0 Å². The Morgan fingerprint density at radius 2 is 1.61 bits per heavy atom. The van der Waals surface area contributed by atoms with Crippen LogP contribution >= 0.6 is 8.58 Å². The van der Waals surface area contributed by atoms with Gasteiger partial charge in [-0.2, -0.15) is 0 Å². The lowest BCUT2D eigenvalue weighted by molar-refractivity contribution is 0.277. The maximum absolute atomic E-state index is 6.42. The largest absolute Gasteiger partial charge is 0.493 e. The average molecular weight is 434 g/mol. The van der Waals surface area contributed by atoms with Crippen molar-refractivity contribution in [2.75, 3.05) is 14.2 Å². The highest BCUT2D eigenvalue weighted by molar-refractivity contribution is 7.48. The van der Waals surface area contributed by atoms with E-state index in [0.29, 0.717) is 15.2 Å². The zero-order chi connectivity index (χ0) is 22.1. The SMILES string of the molecule is CCC(CC)(Pc1ccccc1C=NC)c1cccc(OC)c1OCc1ccccc1. The first-order chi connectivity index (χ1) is 15.2. The molecule has 3 aromatic carbocycles. The minimum atomic E-state index is -0.0434. The van der Waals surface area contributed by atoms with Gasteiger partial charge in [-0.1, -0.05) is 89.2 Å². The number of rotatable bonds is 10. The summed E-state index contributed by atoms with van der Waals surface area (Å²) in [4.78, 5) is 4.26. The Labute approximate surface area is 188 Å². The standard InChI is InChI=1S/C27H32NO2P/c1-5-27(6-2,31-25-18-11-10-15-22(25)19-28-3)23-16-12-17-24(29-4)26(23)30-20-21-13-8-7-9-14-21/h7-19,31H,5-6,20H2,1-4H3. The predicted octanol–water partition coefficient (Wildman–Crippen LogP) is 6.34. The molecule has 0 N–H and O–H groups in total. The molecule has 1 atom stereocenters. The topological polar surface area (TPSA) is 30.8 Å². The number of para-hydroxylation sites is 1. The average Bonchev–Trinajstić information content (AvgIpc) is 2.83. The molecule has 31 heavy (non-hydrogen) atoms. The Hall–Kier alpha value is -2.64. The molecule has 0 aromatic heterocycles. The van der Waals surface area contributed by atoms with Gasteiger partial charge in [0.25, 0.3) is 0 Å². The van der Waals surface area contributed by atoms with Gasteiger partial charge in [0.15, 0.2) is 11.5 Å². The maximum atomic E-state index is 6.42. The summed E-state index contributed by atoms with van der Waals surface area (Å²) in [7, 11) is 4.13. The molecule has 0 saturated carbocycles. The highest BCUT2D eigenvalue weighted by Crippen LogP contribution is 2.52. The number of benzene rings is 3. The minimum Gasteiger partial charge on any atom is -0.493 e. The summed E-state index contributed by atoms with van der Waals surface area (Å²) >= 11 is 0. The molecule has 0 aliphatic rings. The van der Waals surface area contributed by atoms with Crippen LogP contribution in [0.2, 0.25) is 0 Å². The van der Waals surface area contributed by atoms with Gasteiger partial charge in [-0.05, 0) is 35.3 Å². The van der Waals surface area contributed by atoms with Crippen LogP contribution in [-0.4, -0.2) is 20.4 Å². The fourth-order valence-corrected chi connectivity index (χ4v) is 5.60. The van der Waals surface area contributed by atoms with Gasteiger partial charge in [-0.3, -0.25) is 4.99 Å². The first-order valence-corrected chi connectivity index (χ1v) is 11.8. The highest BCUT2D eigenvalue weighted by Gasteiger charge is 2.34. The van der Waals surface area contributed by atoms with Crippen LogP contribution < -0.4 is 14.8 Å². The smallest absolute Gasteiger partial charge is 0.165 e. The van der Waals surface area contributed by atoms with Crippen LogP contribution in [0.5, 0.6) is 11.5 Å². The van der Waals surface area contributed by atoms with Crippen LogP contribution in [0.25, 0.3) is 0 Å². The summed E-state index contributed by atoms with van der Waals surface area (Å²) < 4.78 is 12.2. The van der Waals surface area contributed by atoms with Crippen molar-refractivity contribution in [1.29, 1.82) is 0 Å². The van der Waals surface area contributed by atoms with E-state index in [2.05, 4.69) is 67.4 Å². The van der Waals surface area contributed by atoms with Gasteiger partial charge in [-0.25, -0.2) is 0 Å². The van der Waals surface area contributed by atoms with Crippen molar-refractivity contribution in [2.24, 2.45) is 4.99 Å². The fourth-order valence-electron chi connectivity index (χ4n) is 3.93. The maximum Gasteiger partial charge on any atom is 0.165 e. The Balaban J connectivity index is 2.04. The molecule has 162 valence electrons. The molecule has 0 amide bonds. The van der Waals surface area contributed by atoms with E-state index in [1.807, 2.05) is 37.5 Å². The van der Waals surface area contributed by atoms with Crippen LogP contribution in [0.15, 0.2) is 77.8 Å². The van der Waals surface area contributed by atoms with Crippen LogP contribution in [0.1, 0.15) is 43.4 Å². The van der Waals surface area contributed by atoms with Crippen molar-refractivity contribution in [3.63, 3.8) is 0 Å². The molecule has 0 aliphatic carbocycles. The van der Waals surface area contributed by atoms with Gasteiger partial charge in [0.2, 0.25) is 0 Å². The van der Waals surface area contributed by atoms with Gasteiger partial charge >= 0.3 is 0 Å². The number of hydrogen-bond donors (Lipinski definition) is 0. The lowest BCUT2D eigenvalue weighted by atomic mass is 9.91. The second-order valence-corrected chi connectivity index (χ2v) is 9.25. The van der Waals surface area contributed by atoms with E-state index < -0.39 is 0 Å². The van der Waals surface area contributed by atoms with E-state index in [4.69, 9.17) is 9.47 Å². The van der Waals surface area contributed by atoms with Crippen LogP contribution in [0.4, 0.5) is 0 Å². The third-order valence-electron chi connectivity index (χ3n) is 5.75. The molecule has 0 spiro atoms. The van der Waals surface area contributed by atoms with E-state index in [0.717, 1.165) is 29.9 Å². The van der Waals surface area contributed by atoms with E-state index in [1.165, 1.54) is 16.4 Å². The molecule has 0 saturated heterocycles. The first-order valence-electron chi connectivity index (χ1n) is 10.8. The van der Waals surface area contributed by atoms with Crippen LogP contribution in [0.3, 0.4) is 0 Å². The summed E-state index contributed by atoms with van der Waals surface area (Å²) in [5.41, 5.74) is 3.54. The van der Waals surface area contributed by atoms with Gasteiger partial charge in [0.05, 0.1) is 7.11 Å². The second kappa shape index (κ2) is 11.1. The van der Waals surface area contributed by atoms with Crippen LogP contribution in [-0.2, 0) is 11.8 Å². The second-order valence-electron chi connectivity index (χ2n) is 7.50. The Morgan fingerprint density at radius 1 is 0.903 bits per heavy atom. The summed E-state index contributed by atoms with van der Waals surface area (Å²) in [5, 5.41) is 1.28. The minimum absolute atomic E-state index is 0.0434. The van der Waals surface area contributed by atoms with Crippen molar-refractivity contribution in [2.45, 2.75) is 38.5 Å². The van der Waals surface area contributed by atoms with Crippen molar-refractivity contribution in [1.82, 2.24) is 0 Å². The molecule has 3 nitrogen and oxygen atoms in total. The monoisotopic (exact) mass is 433 g/mol. The summed E-state index contributed by atoms with van der Waals surface area (Å²) in [5.74, 6) is 1.64. The number of hydrogen-bond acceptors (Lipinski definition) is 3. The zero-order valence-electron chi connectivity index (χ0n) is 18.9. The summed E-state index contributed by atoms with van der Waals surface area (Å²) in [6.45, 7) is 5.06. The quantitative estimate of drug-likeness (QED) is 0.276. The highest BCUT2D eigenvalue weighted by atomic mass is 31.1. The zero-order valence-corrected chi connectivity index (χ0v) is 19.9. The molecular formula is C27H32NO2P. The summed E-state index contributed by atoms with van der Waals surface area (Å²) in [6.07, 6.45) is 3.97. The third kappa shape index (κ3) is 5.35. The molecule has 4 heteroatoms. The van der Waals surface area contributed by atoms with E-state index in [9.17, 15) is 0 Å². The molecule has 0 bridgehead atoms. The number of methoxy groups -OCH3 is 1. The number of ether oxygens (including phenoxy) is 2. The van der Waals surface area contributed by atoms with E-state index in [-0.39, 0.29) is 5.16 Å². The van der Waals surface area contributed by atoms with Gasteiger partial charge < -0.3 is 9.47 Å². The molecule has 1 unspecified atom stereocenters. The molecule has 3 rings (SSSR count). The third-order valence-corrected chi connectivity index (χ3v) is 7.93. The van der Waals surface area contributed by atoms with Gasteiger partial charge in [0, 0.05) is 24.0 Å². The van der Waals surface area contributed by atoms with Crippen molar-refractivity contribution in [3.8, 4) is 11.5 Å². The Bertz CT molecular complexity index is 997. The molecule has 0 aliphatic heterocycles. The Kier molecular flexibility index (Phi) is 8.26. The lowest BCUT2D eigenvalue weighted by Gasteiger charge is -2.35. The molecular weight excluding hydrogens is 401 g/mol. The van der Waals surface area contributed by atoms with Gasteiger partial charge in [-0.15, -0.1) is 0 Å². The predicted molar refractivity (Wildman–Crippen MR) is 134 cm³/mol. The Morgan fingerprint density at radius 3 is 2.29 bits per heavy atom. The fraction of sp³-hybridized carbons (Fsp3) is 0.296. The number of aliphatic imine (C=N–C) groups is 1. The first kappa shape index (κ1) is 23.0. The van der Waals surface area contributed by atoms with Gasteiger partial charge in [0.1, 0.15) is 6.61 Å². The summed E-state index contributed by atoms with van der Waals surface area (Å²) in [6, 6.07) is 25.1. The normalized spacial score (nSPS) is 12.0. The van der Waals surface area contributed by atoms with Crippen molar-refractivity contribution >= 4 is 20.1 Å².